The molecule has 1 unspecified atom stereocenters. The van der Waals surface area contributed by atoms with Gasteiger partial charge in [-0.2, -0.15) is 0 Å². The Labute approximate surface area is 230 Å². The van der Waals surface area contributed by atoms with E-state index in [1.807, 2.05) is 73.9 Å². The van der Waals surface area contributed by atoms with Gasteiger partial charge in [-0.3, -0.25) is 4.79 Å². The summed E-state index contributed by atoms with van der Waals surface area (Å²) in [7, 11) is 0. The van der Waals surface area contributed by atoms with Gasteiger partial charge in [0.1, 0.15) is 10.8 Å². The summed E-state index contributed by atoms with van der Waals surface area (Å²) in [6.45, 7) is 8.78. The fourth-order valence-electron chi connectivity index (χ4n) is 4.12. The molecular formula is C29H29N5O2S2. The predicted molar refractivity (Wildman–Crippen MR) is 155 cm³/mol. The number of carbonyl (C=O) groups is 1. The van der Waals surface area contributed by atoms with Crippen molar-refractivity contribution >= 4 is 44.9 Å². The Hall–Kier alpha value is -3.69. The van der Waals surface area contributed by atoms with Crippen molar-refractivity contribution < 1.29 is 9.53 Å². The van der Waals surface area contributed by atoms with Crippen molar-refractivity contribution in [1.29, 1.82) is 0 Å². The first-order chi connectivity index (χ1) is 18.4. The minimum Gasteiger partial charge on any atom is -0.482 e. The van der Waals surface area contributed by atoms with Crippen LogP contribution in [0.2, 0.25) is 0 Å². The number of nitrogens with one attached hydrogen (secondary N) is 1. The zero-order valence-corrected chi connectivity index (χ0v) is 23.4. The second-order valence-corrected chi connectivity index (χ2v) is 11.0. The maximum absolute atomic E-state index is 12.7. The molecule has 5 rings (SSSR count). The van der Waals surface area contributed by atoms with Gasteiger partial charge < -0.3 is 14.6 Å². The topological polar surface area (TPSA) is 81.9 Å². The van der Waals surface area contributed by atoms with Crippen molar-refractivity contribution in [1.82, 2.24) is 19.7 Å². The summed E-state index contributed by atoms with van der Waals surface area (Å²) in [4.78, 5) is 17.4. The second kappa shape index (κ2) is 11.4. The van der Waals surface area contributed by atoms with Gasteiger partial charge in [-0.05, 0) is 81.3 Å². The first kappa shape index (κ1) is 25.9. The highest BCUT2D eigenvalue weighted by atomic mass is 32.2. The lowest BCUT2D eigenvalue weighted by Crippen LogP contribution is -2.15. The number of rotatable bonds is 9. The number of para-hydroxylation sites is 1. The number of thioether (sulfide) groups is 1. The monoisotopic (exact) mass is 543 g/mol. The van der Waals surface area contributed by atoms with Crippen LogP contribution in [0, 0.1) is 13.8 Å². The van der Waals surface area contributed by atoms with Crippen LogP contribution in [0.25, 0.3) is 20.8 Å². The molecular weight excluding hydrogens is 514 g/mol. The summed E-state index contributed by atoms with van der Waals surface area (Å²) in [6, 6.07) is 22.0. The van der Waals surface area contributed by atoms with E-state index in [1.54, 1.807) is 11.3 Å². The van der Waals surface area contributed by atoms with E-state index in [2.05, 4.69) is 40.6 Å². The van der Waals surface area contributed by atoms with E-state index in [1.165, 1.54) is 22.0 Å². The van der Waals surface area contributed by atoms with Crippen LogP contribution in [0.15, 0.2) is 71.9 Å². The van der Waals surface area contributed by atoms with E-state index in [4.69, 9.17) is 9.72 Å². The van der Waals surface area contributed by atoms with E-state index in [0.717, 1.165) is 38.9 Å². The van der Waals surface area contributed by atoms with Crippen molar-refractivity contribution in [2.75, 3.05) is 11.1 Å². The number of benzene rings is 3. The summed E-state index contributed by atoms with van der Waals surface area (Å²) >= 11 is 3.04. The maximum Gasteiger partial charge on any atom is 0.234 e. The van der Waals surface area contributed by atoms with E-state index in [0.29, 0.717) is 11.7 Å². The number of thiazole rings is 1. The fraction of sp³-hybridized carbons (Fsp3) is 0.241. The third kappa shape index (κ3) is 5.74. The Balaban J connectivity index is 1.19. The zero-order chi connectivity index (χ0) is 26.6. The molecule has 1 atom stereocenters. The molecule has 0 radical (unpaired) electrons. The highest BCUT2D eigenvalue weighted by Gasteiger charge is 2.20. The van der Waals surface area contributed by atoms with E-state index < -0.39 is 0 Å². The van der Waals surface area contributed by atoms with Crippen LogP contribution >= 0.6 is 23.1 Å². The molecule has 2 heterocycles. The molecule has 0 aliphatic rings. The Morgan fingerprint density at radius 3 is 2.63 bits per heavy atom. The molecule has 5 aromatic rings. The molecule has 7 nitrogen and oxygen atoms in total. The molecule has 194 valence electrons. The molecule has 2 aromatic heterocycles. The largest absolute Gasteiger partial charge is 0.482 e. The average molecular weight is 544 g/mol. The van der Waals surface area contributed by atoms with Gasteiger partial charge in [0.2, 0.25) is 5.91 Å². The first-order valence-electron chi connectivity index (χ1n) is 12.5. The average Bonchev–Trinajstić information content (AvgIpc) is 3.53. The molecule has 38 heavy (non-hydrogen) atoms. The Kier molecular flexibility index (Phi) is 7.76. The number of ether oxygens (including phenoxy) is 1. The highest BCUT2D eigenvalue weighted by molar-refractivity contribution is 7.99. The molecule has 1 N–H and O–H groups in total. The minimum atomic E-state index is -0.273. The van der Waals surface area contributed by atoms with Crippen molar-refractivity contribution in [3.05, 3.63) is 83.7 Å². The van der Waals surface area contributed by atoms with Crippen LogP contribution in [0.1, 0.15) is 36.9 Å². The fourth-order valence-corrected chi connectivity index (χ4v) is 5.99. The second-order valence-electron chi connectivity index (χ2n) is 9.02. The lowest BCUT2D eigenvalue weighted by atomic mass is 10.2. The van der Waals surface area contributed by atoms with Crippen molar-refractivity contribution in [2.45, 2.75) is 45.5 Å². The molecule has 9 heteroatoms. The molecule has 0 bridgehead atoms. The van der Waals surface area contributed by atoms with Gasteiger partial charge in [-0.15, -0.1) is 21.5 Å². The summed E-state index contributed by atoms with van der Waals surface area (Å²) in [5.41, 5.74) is 5.07. The molecule has 0 aliphatic heterocycles. The Morgan fingerprint density at radius 1 is 1.08 bits per heavy atom. The third-order valence-electron chi connectivity index (χ3n) is 6.11. The van der Waals surface area contributed by atoms with E-state index in [-0.39, 0.29) is 17.8 Å². The number of fused-ring (bicyclic) bond motifs is 1. The smallest absolute Gasteiger partial charge is 0.234 e. The highest BCUT2D eigenvalue weighted by Crippen LogP contribution is 2.31. The maximum atomic E-state index is 12.7. The van der Waals surface area contributed by atoms with Crippen molar-refractivity contribution in [3.63, 3.8) is 0 Å². The summed E-state index contributed by atoms with van der Waals surface area (Å²) in [6.07, 6.45) is -0.273. The van der Waals surface area contributed by atoms with Crippen LogP contribution in [-0.2, 0) is 11.3 Å². The zero-order valence-electron chi connectivity index (χ0n) is 21.8. The summed E-state index contributed by atoms with van der Waals surface area (Å²) in [5.74, 6) is 1.68. The SMILES string of the molecule is CCn1c(SCC(=O)Nc2ccc(-c3nc4ccc(C)cc4s3)cc2)nnc1C(C)Oc1ccccc1C. The molecule has 0 fully saturated rings. The van der Waals surface area contributed by atoms with Crippen molar-refractivity contribution in [3.8, 4) is 16.3 Å². The molecule has 1 amide bonds. The van der Waals surface area contributed by atoms with E-state index >= 15 is 0 Å². The molecule has 0 saturated carbocycles. The summed E-state index contributed by atoms with van der Waals surface area (Å²) < 4.78 is 9.31. The van der Waals surface area contributed by atoms with Crippen LogP contribution in [0.3, 0.4) is 0 Å². The molecule has 0 aliphatic carbocycles. The molecule has 3 aromatic carbocycles. The standard InChI is InChI=1S/C29H29N5O2S2/c1-5-34-27(20(4)36-24-9-7-6-8-19(24)3)32-33-29(34)37-17-26(35)30-22-13-11-21(12-14-22)28-31-23-15-10-18(2)16-25(23)38-28/h6-16,20H,5,17H2,1-4H3,(H,30,35). The number of aromatic nitrogens is 4. The van der Waals surface area contributed by atoms with Gasteiger partial charge in [0, 0.05) is 17.8 Å². The Morgan fingerprint density at radius 2 is 1.87 bits per heavy atom. The van der Waals surface area contributed by atoms with Gasteiger partial charge in [0.15, 0.2) is 17.1 Å². The number of nitrogens with zero attached hydrogens (tertiary/aromatic N) is 4. The number of hydrogen-bond donors (Lipinski definition) is 1. The van der Waals surface area contributed by atoms with Crippen LogP contribution in [0.5, 0.6) is 5.75 Å². The summed E-state index contributed by atoms with van der Waals surface area (Å²) in [5, 5.41) is 13.3. The molecule has 0 spiro atoms. The van der Waals surface area contributed by atoms with Crippen LogP contribution in [-0.4, -0.2) is 31.4 Å². The molecule has 0 saturated heterocycles. The van der Waals surface area contributed by atoms with Crippen LogP contribution < -0.4 is 10.1 Å². The normalized spacial score (nSPS) is 12.0. The number of carbonyl (C=O) groups excluding carboxylic acids is 1. The lowest BCUT2D eigenvalue weighted by molar-refractivity contribution is -0.113. The van der Waals surface area contributed by atoms with Gasteiger partial charge in [0.25, 0.3) is 0 Å². The number of hydrogen-bond acceptors (Lipinski definition) is 7. The van der Waals surface area contributed by atoms with Crippen molar-refractivity contribution in [2.24, 2.45) is 0 Å². The number of aryl methyl sites for hydroxylation is 2. The number of anilines is 1. The van der Waals surface area contributed by atoms with Crippen LogP contribution in [0.4, 0.5) is 5.69 Å². The Bertz CT molecular complexity index is 1580. The van der Waals surface area contributed by atoms with Gasteiger partial charge in [-0.1, -0.05) is 36.0 Å². The van der Waals surface area contributed by atoms with E-state index in [9.17, 15) is 4.79 Å². The van der Waals surface area contributed by atoms with Gasteiger partial charge in [-0.25, -0.2) is 4.98 Å². The minimum absolute atomic E-state index is 0.102. The quantitative estimate of drug-likeness (QED) is 0.200. The van der Waals surface area contributed by atoms with Gasteiger partial charge >= 0.3 is 0 Å². The first-order valence-corrected chi connectivity index (χ1v) is 14.3. The lowest BCUT2D eigenvalue weighted by Gasteiger charge is -2.17. The predicted octanol–water partition coefficient (Wildman–Crippen LogP) is 7.06. The number of amides is 1. The third-order valence-corrected chi connectivity index (χ3v) is 8.15. The van der Waals surface area contributed by atoms with Gasteiger partial charge in [0.05, 0.1) is 16.0 Å².